The highest BCUT2D eigenvalue weighted by molar-refractivity contribution is 4.88. The maximum absolute atomic E-state index is 8.93. The highest BCUT2D eigenvalue weighted by Crippen LogP contribution is 2.38. The summed E-state index contributed by atoms with van der Waals surface area (Å²) in [7, 11) is 0. The maximum Gasteiger partial charge on any atom is 0.0431 e. The molecule has 0 aromatic rings. The molecule has 2 nitrogen and oxygen atoms in total. The summed E-state index contributed by atoms with van der Waals surface area (Å²) in [6.45, 7) is 13.2. The van der Waals surface area contributed by atoms with Crippen molar-refractivity contribution in [1.29, 1.82) is 0 Å². The molecule has 0 aromatic carbocycles. The van der Waals surface area contributed by atoms with E-state index in [9.17, 15) is 0 Å². The Bertz CT molecular complexity index is 247. The molecule has 108 valence electrons. The van der Waals surface area contributed by atoms with Crippen molar-refractivity contribution in [2.45, 2.75) is 72.8 Å². The highest BCUT2D eigenvalue weighted by atomic mass is 16.2. The fraction of sp³-hybridized carbons (Fsp3) is 1.00. The number of hydrogen-bond acceptors (Lipinski definition) is 2. The summed E-state index contributed by atoms with van der Waals surface area (Å²) in [5.74, 6) is 0.780. The quantitative estimate of drug-likeness (QED) is 0.760. The van der Waals surface area contributed by atoms with Gasteiger partial charge in [-0.25, -0.2) is 0 Å². The first-order chi connectivity index (χ1) is 8.26. The monoisotopic (exact) mass is 255 g/mol. The second kappa shape index (κ2) is 6.38. The molecule has 1 fully saturated rings. The molecule has 1 aliphatic carbocycles. The number of nitrogens with one attached hydrogen (secondary N) is 1. The van der Waals surface area contributed by atoms with Crippen molar-refractivity contribution in [2.24, 2.45) is 16.7 Å². The van der Waals surface area contributed by atoms with E-state index in [4.69, 9.17) is 5.11 Å². The molecule has 1 aliphatic rings. The lowest BCUT2D eigenvalue weighted by Crippen LogP contribution is -2.45. The summed E-state index contributed by atoms with van der Waals surface area (Å²) in [4.78, 5) is 0. The van der Waals surface area contributed by atoms with Gasteiger partial charge >= 0.3 is 0 Å². The fourth-order valence-corrected chi connectivity index (χ4v) is 3.30. The second-order valence-corrected chi connectivity index (χ2v) is 7.86. The number of aliphatic hydroxyl groups is 1. The van der Waals surface area contributed by atoms with Gasteiger partial charge in [0.15, 0.2) is 0 Å². The van der Waals surface area contributed by atoms with Gasteiger partial charge in [-0.2, -0.15) is 0 Å². The van der Waals surface area contributed by atoms with Crippen LogP contribution in [0, 0.1) is 16.7 Å². The van der Waals surface area contributed by atoms with Crippen LogP contribution in [-0.4, -0.2) is 24.3 Å². The number of aliphatic hydroxyl groups excluding tert-OH is 1. The molecular weight excluding hydrogens is 222 g/mol. The Morgan fingerprint density at radius 3 is 2.56 bits per heavy atom. The molecule has 0 saturated heterocycles. The van der Waals surface area contributed by atoms with Gasteiger partial charge in [0.05, 0.1) is 0 Å². The van der Waals surface area contributed by atoms with E-state index in [0.717, 1.165) is 25.3 Å². The Labute approximate surface area is 114 Å². The van der Waals surface area contributed by atoms with Crippen molar-refractivity contribution in [3.05, 3.63) is 0 Å². The Kier molecular flexibility index (Phi) is 5.67. The molecule has 1 saturated carbocycles. The molecule has 0 aliphatic heterocycles. The lowest BCUT2D eigenvalue weighted by molar-refractivity contribution is 0.137. The zero-order valence-electron chi connectivity index (χ0n) is 13.1. The normalized spacial score (nSPS) is 28.3. The van der Waals surface area contributed by atoms with E-state index < -0.39 is 0 Å². The lowest BCUT2D eigenvalue weighted by Gasteiger charge is -2.41. The average molecular weight is 255 g/mol. The lowest BCUT2D eigenvalue weighted by atomic mass is 9.70. The van der Waals surface area contributed by atoms with Gasteiger partial charge in [-0.3, -0.25) is 0 Å². The topological polar surface area (TPSA) is 32.3 Å². The SMILES string of the molecule is CC1CC(C)(C)CCC1NCC(C)(C)CCCO. The minimum absolute atomic E-state index is 0.301. The zero-order valence-corrected chi connectivity index (χ0v) is 13.1. The third-order valence-electron chi connectivity index (χ3n) is 4.55. The second-order valence-electron chi connectivity index (χ2n) is 7.86. The van der Waals surface area contributed by atoms with Gasteiger partial charge in [0.25, 0.3) is 0 Å². The van der Waals surface area contributed by atoms with Crippen molar-refractivity contribution in [1.82, 2.24) is 5.32 Å². The predicted molar refractivity (Wildman–Crippen MR) is 78.7 cm³/mol. The summed E-state index contributed by atoms with van der Waals surface area (Å²) < 4.78 is 0. The van der Waals surface area contributed by atoms with Crippen LogP contribution in [0.25, 0.3) is 0 Å². The van der Waals surface area contributed by atoms with Crippen molar-refractivity contribution >= 4 is 0 Å². The average Bonchev–Trinajstić information content (AvgIpc) is 2.24. The molecule has 0 spiro atoms. The summed E-state index contributed by atoms with van der Waals surface area (Å²) in [6, 6.07) is 0.687. The molecule has 18 heavy (non-hydrogen) atoms. The molecular formula is C16H33NO. The van der Waals surface area contributed by atoms with E-state index >= 15 is 0 Å². The summed E-state index contributed by atoms with van der Waals surface area (Å²) in [5, 5.41) is 12.7. The van der Waals surface area contributed by atoms with Crippen LogP contribution < -0.4 is 5.32 Å². The van der Waals surface area contributed by atoms with Crippen LogP contribution in [0.5, 0.6) is 0 Å². The van der Waals surface area contributed by atoms with Crippen LogP contribution >= 0.6 is 0 Å². The van der Waals surface area contributed by atoms with Crippen molar-refractivity contribution < 1.29 is 5.11 Å². The van der Waals surface area contributed by atoms with E-state index in [1.807, 2.05) is 0 Å². The molecule has 2 heteroatoms. The van der Waals surface area contributed by atoms with Gasteiger partial charge < -0.3 is 10.4 Å². The van der Waals surface area contributed by atoms with E-state index in [1.165, 1.54) is 19.3 Å². The molecule has 0 bridgehead atoms. The Hall–Kier alpha value is -0.0800. The van der Waals surface area contributed by atoms with Gasteiger partial charge in [-0.05, 0) is 48.9 Å². The van der Waals surface area contributed by atoms with Crippen molar-refractivity contribution in [2.75, 3.05) is 13.2 Å². The molecule has 2 unspecified atom stereocenters. The Morgan fingerprint density at radius 1 is 1.33 bits per heavy atom. The first-order valence-corrected chi connectivity index (χ1v) is 7.60. The van der Waals surface area contributed by atoms with E-state index in [1.54, 1.807) is 0 Å². The van der Waals surface area contributed by atoms with Crippen LogP contribution in [0.4, 0.5) is 0 Å². The largest absolute Gasteiger partial charge is 0.396 e. The Balaban J connectivity index is 2.35. The van der Waals surface area contributed by atoms with Crippen molar-refractivity contribution in [3.8, 4) is 0 Å². The van der Waals surface area contributed by atoms with Crippen LogP contribution in [0.1, 0.15) is 66.7 Å². The molecule has 1 rings (SSSR count). The van der Waals surface area contributed by atoms with Gasteiger partial charge in [0.2, 0.25) is 0 Å². The standard InChI is InChI=1S/C16H33NO/c1-13-11-15(2,3)9-7-14(13)17-12-16(4,5)8-6-10-18/h13-14,17-18H,6-12H2,1-5H3. The molecule has 2 N–H and O–H groups in total. The summed E-state index contributed by atoms with van der Waals surface area (Å²) in [6.07, 6.45) is 6.00. The van der Waals surface area contributed by atoms with Crippen LogP contribution in [0.3, 0.4) is 0 Å². The van der Waals surface area contributed by atoms with Gasteiger partial charge in [-0.15, -0.1) is 0 Å². The van der Waals surface area contributed by atoms with Crippen molar-refractivity contribution in [3.63, 3.8) is 0 Å². The number of hydrogen-bond donors (Lipinski definition) is 2. The minimum Gasteiger partial charge on any atom is -0.396 e. The highest BCUT2D eigenvalue weighted by Gasteiger charge is 2.32. The van der Waals surface area contributed by atoms with E-state index in [0.29, 0.717) is 23.5 Å². The zero-order chi connectivity index (χ0) is 13.8. The third-order valence-corrected chi connectivity index (χ3v) is 4.55. The number of rotatable bonds is 6. The predicted octanol–water partition coefficient (Wildman–Crippen LogP) is 3.59. The smallest absolute Gasteiger partial charge is 0.0431 e. The Morgan fingerprint density at radius 2 is 2.00 bits per heavy atom. The third kappa shape index (κ3) is 5.27. The van der Waals surface area contributed by atoms with Crippen LogP contribution in [-0.2, 0) is 0 Å². The minimum atomic E-state index is 0.301. The van der Waals surface area contributed by atoms with Crippen LogP contribution in [0.2, 0.25) is 0 Å². The molecule has 0 heterocycles. The van der Waals surface area contributed by atoms with E-state index in [-0.39, 0.29) is 0 Å². The van der Waals surface area contributed by atoms with Gasteiger partial charge in [0, 0.05) is 19.2 Å². The molecule has 0 amide bonds. The van der Waals surface area contributed by atoms with Crippen LogP contribution in [0.15, 0.2) is 0 Å². The summed E-state index contributed by atoms with van der Waals surface area (Å²) >= 11 is 0. The molecule has 0 aromatic heterocycles. The maximum atomic E-state index is 8.93. The fourth-order valence-electron chi connectivity index (χ4n) is 3.30. The molecule has 2 atom stereocenters. The first kappa shape index (κ1) is 16.0. The van der Waals surface area contributed by atoms with E-state index in [2.05, 4.69) is 39.9 Å². The molecule has 0 radical (unpaired) electrons. The van der Waals surface area contributed by atoms with Gasteiger partial charge in [-0.1, -0.05) is 34.6 Å². The summed E-state index contributed by atoms with van der Waals surface area (Å²) in [5.41, 5.74) is 0.833. The first-order valence-electron chi connectivity index (χ1n) is 7.60. The van der Waals surface area contributed by atoms with Gasteiger partial charge in [0.1, 0.15) is 0 Å².